The van der Waals surface area contributed by atoms with Crippen molar-refractivity contribution in [3.63, 3.8) is 0 Å². The molecule has 1 aromatic carbocycles. The van der Waals surface area contributed by atoms with Crippen molar-refractivity contribution in [2.75, 3.05) is 31.1 Å². The van der Waals surface area contributed by atoms with Crippen molar-refractivity contribution in [3.05, 3.63) is 53.2 Å². The molecule has 6 heteroatoms. The van der Waals surface area contributed by atoms with Gasteiger partial charge in [0.25, 0.3) is 5.89 Å². The average Bonchev–Trinajstić information content (AvgIpc) is 3.33. The van der Waals surface area contributed by atoms with Gasteiger partial charge < -0.3 is 9.32 Å². The second kappa shape index (κ2) is 6.98. The number of anilines is 1. The number of aryl methyl sites for hydroxylation is 1. The Hall–Kier alpha value is -2.18. The third-order valence-corrected chi connectivity index (χ3v) is 5.71. The predicted octanol–water partition coefficient (Wildman–Crippen LogP) is 3.99. The van der Waals surface area contributed by atoms with E-state index in [0.717, 1.165) is 31.1 Å². The predicted molar refractivity (Wildman–Crippen MR) is 101 cm³/mol. The van der Waals surface area contributed by atoms with E-state index in [1.165, 1.54) is 11.3 Å². The molecule has 1 atom stereocenters. The molecule has 5 nitrogen and oxygen atoms in total. The Labute approximate surface area is 151 Å². The van der Waals surface area contributed by atoms with Crippen LogP contribution in [0.2, 0.25) is 0 Å². The number of nitrogens with zero attached hydrogens (tertiary/aromatic N) is 4. The van der Waals surface area contributed by atoms with Gasteiger partial charge in [-0.05, 0) is 36.9 Å². The van der Waals surface area contributed by atoms with Crippen LogP contribution >= 0.6 is 11.3 Å². The molecule has 1 aliphatic rings. The first-order chi connectivity index (χ1) is 12.2. The minimum Gasteiger partial charge on any atom is -0.418 e. The minimum absolute atomic E-state index is 0.139. The zero-order valence-corrected chi connectivity index (χ0v) is 15.4. The molecule has 130 valence electrons. The monoisotopic (exact) mass is 354 g/mol. The van der Waals surface area contributed by atoms with Gasteiger partial charge in [0.15, 0.2) is 0 Å². The summed E-state index contributed by atoms with van der Waals surface area (Å²) in [5, 5.41) is 10.5. The Balaban J connectivity index is 1.41. The van der Waals surface area contributed by atoms with Gasteiger partial charge in [0, 0.05) is 31.9 Å². The smallest absolute Gasteiger partial charge is 0.257 e. The van der Waals surface area contributed by atoms with Crippen LogP contribution in [0.25, 0.3) is 10.8 Å². The van der Waals surface area contributed by atoms with Gasteiger partial charge >= 0.3 is 0 Å². The molecule has 1 aliphatic heterocycles. The highest BCUT2D eigenvalue weighted by Crippen LogP contribution is 2.28. The highest BCUT2D eigenvalue weighted by molar-refractivity contribution is 7.13. The molecule has 4 rings (SSSR count). The number of thiophene rings is 1. The molecule has 3 aromatic rings. The lowest BCUT2D eigenvalue weighted by atomic mass is 10.1. The normalized spacial score (nSPS) is 17.0. The maximum absolute atomic E-state index is 5.91. The molecule has 0 amide bonds. The molecule has 1 saturated heterocycles. The molecule has 1 fully saturated rings. The number of rotatable bonds is 4. The van der Waals surface area contributed by atoms with Gasteiger partial charge in [-0.2, -0.15) is 0 Å². The fourth-order valence-electron chi connectivity index (χ4n) is 3.33. The van der Waals surface area contributed by atoms with Gasteiger partial charge in [0.2, 0.25) is 5.89 Å². The molecule has 0 saturated carbocycles. The van der Waals surface area contributed by atoms with Crippen molar-refractivity contribution in [3.8, 4) is 10.8 Å². The summed E-state index contributed by atoms with van der Waals surface area (Å²) in [6.07, 6.45) is 0. The van der Waals surface area contributed by atoms with Gasteiger partial charge in [-0.15, -0.1) is 21.5 Å². The second-order valence-electron chi connectivity index (χ2n) is 6.41. The summed E-state index contributed by atoms with van der Waals surface area (Å²) in [7, 11) is 0. The maximum atomic E-state index is 5.91. The Bertz CT molecular complexity index is 822. The van der Waals surface area contributed by atoms with Crippen molar-refractivity contribution in [2.24, 2.45) is 0 Å². The van der Waals surface area contributed by atoms with E-state index in [2.05, 4.69) is 58.1 Å². The zero-order valence-electron chi connectivity index (χ0n) is 14.6. The maximum Gasteiger partial charge on any atom is 0.257 e. The quantitative estimate of drug-likeness (QED) is 0.709. The third kappa shape index (κ3) is 3.32. The van der Waals surface area contributed by atoms with Crippen LogP contribution < -0.4 is 4.90 Å². The molecular formula is C19H22N4OS. The molecule has 0 radical (unpaired) electrons. The topological polar surface area (TPSA) is 45.4 Å². The Morgan fingerprint density at radius 1 is 1.04 bits per heavy atom. The van der Waals surface area contributed by atoms with E-state index in [-0.39, 0.29) is 6.04 Å². The standard InChI is InChI=1S/C19H22N4OS/c1-14-6-3-4-7-16(14)23-11-9-22(10-12-23)15(2)18-20-21-19(24-18)17-8-5-13-25-17/h3-8,13,15H,9-12H2,1-2H3. The zero-order chi connectivity index (χ0) is 17.2. The van der Waals surface area contributed by atoms with E-state index in [1.807, 2.05) is 17.5 Å². The second-order valence-corrected chi connectivity index (χ2v) is 7.36. The van der Waals surface area contributed by atoms with Crippen molar-refractivity contribution in [1.82, 2.24) is 15.1 Å². The lowest BCUT2D eigenvalue weighted by Gasteiger charge is -2.38. The van der Waals surface area contributed by atoms with Crippen molar-refractivity contribution < 1.29 is 4.42 Å². The van der Waals surface area contributed by atoms with Gasteiger partial charge in [-0.25, -0.2) is 0 Å². The number of piperazine rings is 1. The summed E-state index contributed by atoms with van der Waals surface area (Å²) in [5.74, 6) is 1.32. The van der Waals surface area contributed by atoms with Crippen LogP contribution in [-0.4, -0.2) is 41.3 Å². The molecule has 0 N–H and O–H groups in total. The molecule has 0 bridgehead atoms. The van der Waals surface area contributed by atoms with E-state index in [9.17, 15) is 0 Å². The van der Waals surface area contributed by atoms with E-state index in [4.69, 9.17) is 4.42 Å². The lowest BCUT2D eigenvalue weighted by Crippen LogP contribution is -2.47. The van der Waals surface area contributed by atoms with Crippen LogP contribution in [0.3, 0.4) is 0 Å². The fourth-order valence-corrected chi connectivity index (χ4v) is 3.97. The minimum atomic E-state index is 0.139. The van der Waals surface area contributed by atoms with Gasteiger partial charge in [0.1, 0.15) is 0 Å². The number of aromatic nitrogens is 2. The Morgan fingerprint density at radius 3 is 2.56 bits per heavy atom. The average molecular weight is 354 g/mol. The molecule has 2 aromatic heterocycles. The number of para-hydroxylation sites is 1. The SMILES string of the molecule is Cc1ccccc1N1CCN(C(C)c2nnc(-c3cccs3)o2)CC1. The van der Waals surface area contributed by atoms with E-state index >= 15 is 0 Å². The van der Waals surface area contributed by atoms with Gasteiger partial charge in [-0.1, -0.05) is 24.3 Å². The largest absolute Gasteiger partial charge is 0.418 e. The first kappa shape index (κ1) is 16.3. The summed E-state index contributed by atoms with van der Waals surface area (Å²) in [4.78, 5) is 5.90. The Morgan fingerprint density at radius 2 is 1.84 bits per heavy atom. The van der Waals surface area contributed by atoms with E-state index in [1.54, 1.807) is 11.3 Å². The van der Waals surface area contributed by atoms with Gasteiger partial charge in [-0.3, -0.25) is 4.90 Å². The summed E-state index contributed by atoms with van der Waals surface area (Å²) < 4.78 is 5.91. The highest BCUT2D eigenvalue weighted by atomic mass is 32.1. The van der Waals surface area contributed by atoms with Gasteiger partial charge in [0.05, 0.1) is 10.9 Å². The number of hydrogen-bond donors (Lipinski definition) is 0. The summed E-state index contributed by atoms with van der Waals surface area (Å²) >= 11 is 1.62. The molecule has 25 heavy (non-hydrogen) atoms. The summed E-state index contributed by atoms with van der Waals surface area (Å²) in [6.45, 7) is 8.34. The fraction of sp³-hybridized carbons (Fsp3) is 0.368. The van der Waals surface area contributed by atoms with E-state index in [0.29, 0.717) is 11.8 Å². The van der Waals surface area contributed by atoms with Crippen molar-refractivity contribution in [1.29, 1.82) is 0 Å². The third-order valence-electron chi connectivity index (χ3n) is 4.85. The van der Waals surface area contributed by atoms with Crippen molar-refractivity contribution in [2.45, 2.75) is 19.9 Å². The summed E-state index contributed by atoms with van der Waals surface area (Å²) in [5.41, 5.74) is 2.68. The molecular weight excluding hydrogens is 332 g/mol. The lowest BCUT2D eigenvalue weighted by molar-refractivity contribution is 0.173. The van der Waals surface area contributed by atoms with Crippen LogP contribution in [-0.2, 0) is 0 Å². The molecule has 1 unspecified atom stereocenters. The first-order valence-electron chi connectivity index (χ1n) is 8.64. The summed E-state index contributed by atoms with van der Waals surface area (Å²) in [6, 6.07) is 12.7. The molecule has 3 heterocycles. The molecule has 0 spiro atoms. The molecule has 0 aliphatic carbocycles. The first-order valence-corrected chi connectivity index (χ1v) is 9.52. The van der Waals surface area contributed by atoms with Crippen LogP contribution in [0, 0.1) is 6.92 Å². The number of hydrogen-bond acceptors (Lipinski definition) is 6. The van der Waals surface area contributed by atoms with Crippen LogP contribution in [0.1, 0.15) is 24.4 Å². The highest BCUT2D eigenvalue weighted by Gasteiger charge is 2.26. The number of benzene rings is 1. The van der Waals surface area contributed by atoms with Crippen LogP contribution in [0.15, 0.2) is 46.2 Å². The van der Waals surface area contributed by atoms with Crippen molar-refractivity contribution >= 4 is 17.0 Å². The van der Waals surface area contributed by atoms with Crippen LogP contribution in [0.4, 0.5) is 5.69 Å². The van der Waals surface area contributed by atoms with E-state index < -0.39 is 0 Å². The Kier molecular flexibility index (Phi) is 4.55. The van der Waals surface area contributed by atoms with Crippen LogP contribution in [0.5, 0.6) is 0 Å².